The van der Waals surface area contributed by atoms with Crippen molar-refractivity contribution < 1.29 is 4.39 Å². The average Bonchev–Trinajstić information content (AvgIpc) is 2.74. The van der Waals surface area contributed by atoms with E-state index in [1.54, 1.807) is 0 Å². The van der Waals surface area contributed by atoms with Crippen LogP contribution in [0.25, 0.3) is 0 Å². The summed E-state index contributed by atoms with van der Waals surface area (Å²) < 4.78 is 16.0. The van der Waals surface area contributed by atoms with Crippen LogP contribution in [0.3, 0.4) is 0 Å². The highest BCUT2D eigenvalue weighted by atomic mass is 19.1. The molecule has 0 bridgehead atoms. The summed E-state index contributed by atoms with van der Waals surface area (Å²) in [7, 11) is 0. The van der Waals surface area contributed by atoms with Gasteiger partial charge in [-0.2, -0.15) is 0 Å². The normalized spacial score (nSPS) is 10.7. The molecule has 136 valence electrons. The predicted octanol–water partition coefficient (Wildman–Crippen LogP) is 7.53. The molecule has 0 spiro atoms. The van der Waals surface area contributed by atoms with E-state index in [4.69, 9.17) is 0 Å². The van der Waals surface area contributed by atoms with Gasteiger partial charge in [0.15, 0.2) is 5.67 Å². The van der Waals surface area contributed by atoms with Crippen molar-refractivity contribution in [3.05, 3.63) is 108 Å². The Morgan fingerprint density at radius 1 is 0.538 bits per heavy atom. The van der Waals surface area contributed by atoms with Crippen molar-refractivity contribution in [2.24, 2.45) is 0 Å². The third-order valence-electron chi connectivity index (χ3n) is 4.47. The monoisotopic (exact) mass is 348 g/mol. The zero-order chi connectivity index (χ0) is 18.7. The van der Waals surface area contributed by atoms with Crippen LogP contribution in [0.15, 0.2) is 91.0 Å². The van der Waals surface area contributed by atoms with Gasteiger partial charge in [-0.05, 0) is 16.7 Å². The van der Waals surface area contributed by atoms with Crippen molar-refractivity contribution in [2.45, 2.75) is 45.2 Å². The summed E-state index contributed by atoms with van der Waals surface area (Å²) in [6.07, 6.45) is 5.54. The summed E-state index contributed by atoms with van der Waals surface area (Å²) >= 11 is 0. The molecular formula is C25H29F. The number of hydrogen-bond acceptors (Lipinski definition) is 0. The van der Waals surface area contributed by atoms with Gasteiger partial charge in [-0.1, -0.05) is 131 Å². The molecular weight excluding hydrogens is 319 g/mol. The molecule has 26 heavy (non-hydrogen) atoms. The Bertz CT molecular complexity index is 619. The molecule has 3 aromatic carbocycles. The number of benzene rings is 3. The first-order valence-corrected chi connectivity index (χ1v) is 9.59. The summed E-state index contributed by atoms with van der Waals surface area (Å²) in [5.41, 5.74) is 0.330. The Morgan fingerprint density at radius 2 is 0.808 bits per heavy atom. The summed E-state index contributed by atoms with van der Waals surface area (Å²) in [5.74, 6) is 0. The minimum absolute atomic E-state index is 0.650. The molecule has 0 radical (unpaired) electrons. The average molecular weight is 349 g/mol. The number of alkyl halides is 1. The Labute approximate surface area is 157 Å². The van der Waals surface area contributed by atoms with Crippen LogP contribution in [0.1, 0.15) is 56.2 Å². The molecule has 0 aliphatic carbocycles. The summed E-state index contributed by atoms with van der Waals surface area (Å²) in [4.78, 5) is 0. The second kappa shape index (κ2) is 10.6. The highest BCUT2D eigenvalue weighted by Gasteiger charge is 2.35. The lowest BCUT2D eigenvalue weighted by atomic mass is 9.82. The third-order valence-corrected chi connectivity index (χ3v) is 4.47. The molecule has 0 saturated heterocycles. The Morgan fingerprint density at radius 3 is 1.04 bits per heavy atom. The topological polar surface area (TPSA) is 0 Å². The van der Waals surface area contributed by atoms with Crippen LogP contribution in [-0.2, 0) is 5.67 Å². The molecule has 0 atom stereocenters. The van der Waals surface area contributed by atoms with Gasteiger partial charge in [0.2, 0.25) is 0 Å². The molecule has 0 unspecified atom stereocenters. The third kappa shape index (κ3) is 5.05. The Balaban J connectivity index is 0.000000352. The molecule has 1 heteroatoms. The van der Waals surface area contributed by atoms with Crippen molar-refractivity contribution in [3.8, 4) is 0 Å². The molecule has 0 N–H and O–H groups in total. The fourth-order valence-corrected chi connectivity index (χ4v) is 3.00. The lowest BCUT2D eigenvalue weighted by Crippen LogP contribution is -2.23. The van der Waals surface area contributed by atoms with Crippen LogP contribution >= 0.6 is 0 Å². The second-order valence-corrected chi connectivity index (χ2v) is 6.46. The van der Waals surface area contributed by atoms with E-state index < -0.39 is 5.67 Å². The van der Waals surface area contributed by atoms with Gasteiger partial charge in [-0.15, -0.1) is 0 Å². The van der Waals surface area contributed by atoms with Gasteiger partial charge in [0.1, 0.15) is 0 Å². The van der Waals surface area contributed by atoms with Crippen molar-refractivity contribution >= 4 is 0 Å². The maximum Gasteiger partial charge on any atom is 0.186 e. The molecule has 3 aromatic rings. The lowest BCUT2D eigenvalue weighted by Gasteiger charge is -2.27. The van der Waals surface area contributed by atoms with Gasteiger partial charge < -0.3 is 0 Å². The number of hydrogen-bond donors (Lipinski definition) is 0. The number of halogens is 1. The maximum atomic E-state index is 16.0. The SMILES string of the molecule is CCCCCC.FC(c1ccccc1)(c1ccccc1)c1ccccc1. The summed E-state index contributed by atoms with van der Waals surface area (Å²) in [6.45, 7) is 4.46. The van der Waals surface area contributed by atoms with Crippen LogP contribution in [0.2, 0.25) is 0 Å². The van der Waals surface area contributed by atoms with Crippen LogP contribution < -0.4 is 0 Å². The molecule has 0 aliphatic rings. The van der Waals surface area contributed by atoms with E-state index >= 15 is 4.39 Å². The van der Waals surface area contributed by atoms with Crippen LogP contribution in [0, 0.1) is 0 Å². The lowest BCUT2D eigenvalue weighted by molar-refractivity contribution is 0.281. The highest BCUT2D eigenvalue weighted by Crippen LogP contribution is 2.40. The molecule has 0 heterocycles. The molecule has 3 rings (SSSR count). The molecule has 0 aliphatic heterocycles. The van der Waals surface area contributed by atoms with E-state index in [9.17, 15) is 0 Å². The largest absolute Gasteiger partial charge is 0.228 e. The maximum absolute atomic E-state index is 16.0. The molecule has 0 saturated carbocycles. The van der Waals surface area contributed by atoms with Crippen molar-refractivity contribution in [1.82, 2.24) is 0 Å². The van der Waals surface area contributed by atoms with E-state index in [0.29, 0.717) is 16.7 Å². The molecule has 0 amide bonds. The zero-order valence-corrected chi connectivity index (χ0v) is 15.9. The van der Waals surface area contributed by atoms with Crippen molar-refractivity contribution in [1.29, 1.82) is 0 Å². The second-order valence-electron chi connectivity index (χ2n) is 6.46. The van der Waals surface area contributed by atoms with Gasteiger partial charge in [0.25, 0.3) is 0 Å². The highest BCUT2D eigenvalue weighted by molar-refractivity contribution is 5.46. The van der Waals surface area contributed by atoms with Crippen LogP contribution in [0.4, 0.5) is 4.39 Å². The van der Waals surface area contributed by atoms with E-state index in [1.165, 1.54) is 25.7 Å². The molecule has 0 fully saturated rings. The van der Waals surface area contributed by atoms with Gasteiger partial charge in [0.05, 0.1) is 0 Å². The van der Waals surface area contributed by atoms with E-state index in [1.807, 2.05) is 91.0 Å². The van der Waals surface area contributed by atoms with Gasteiger partial charge in [-0.3, -0.25) is 0 Å². The summed E-state index contributed by atoms with van der Waals surface area (Å²) in [5, 5.41) is 0. The number of unbranched alkanes of at least 4 members (excludes halogenated alkanes) is 3. The van der Waals surface area contributed by atoms with Gasteiger partial charge >= 0.3 is 0 Å². The molecule has 0 nitrogen and oxygen atoms in total. The van der Waals surface area contributed by atoms with E-state index in [2.05, 4.69) is 13.8 Å². The fourth-order valence-electron chi connectivity index (χ4n) is 3.00. The van der Waals surface area contributed by atoms with Gasteiger partial charge in [0, 0.05) is 0 Å². The number of rotatable bonds is 6. The van der Waals surface area contributed by atoms with Crippen LogP contribution in [-0.4, -0.2) is 0 Å². The van der Waals surface area contributed by atoms with E-state index in [0.717, 1.165) is 0 Å². The van der Waals surface area contributed by atoms with E-state index in [-0.39, 0.29) is 0 Å². The zero-order valence-electron chi connectivity index (χ0n) is 15.9. The quantitative estimate of drug-likeness (QED) is 0.319. The fraction of sp³-hybridized carbons (Fsp3) is 0.280. The smallest absolute Gasteiger partial charge is 0.186 e. The Hall–Kier alpha value is -2.41. The minimum Gasteiger partial charge on any atom is -0.228 e. The Kier molecular flexibility index (Phi) is 8.08. The first-order chi connectivity index (χ1) is 12.7. The predicted molar refractivity (Wildman–Crippen MR) is 110 cm³/mol. The minimum atomic E-state index is -1.62. The van der Waals surface area contributed by atoms with Gasteiger partial charge in [-0.25, -0.2) is 4.39 Å². The van der Waals surface area contributed by atoms with Crippen molar-refractivity contribution in [2.75, 3.05) is 0 Å². The summed E-state index contributed by atoms with van der Waals surface area (Å²) in [6, 6.07) is 27.9. The first-order valence-electron chi connectivity index (χ1n) is 9.59. The molecule has 0 aromatic heterocycles. The standard InChI is InChI=1S/C19H15F.C6H14/c20-19(16-10-4-1-5-11-16,17-12-6-2-7-13-17)18-14-8-3-9-15-18;1-3-5-6-4-2/h1-15H;3-6H2,1-2H3. The van der Waals surface area contributed by atoms with Crippen LogP contribution in [0.5, 0.6) is 0 Å². The van der Waals surface area contributed by atoms with Crippen molar-refractivity contribution in [3.63, 3.8) is 0 Å². The first kappa shape index (κ1) is 19.9.